The van der Waals surface area contributed by atoms with Gasteiger partial charge in [0.1, 0.15) is 0 Å². The Morgan fingerprint density at radius 2 is 1.75 bits per heavy atom. The quantitative estimate of drug-likeness (QED) is 0.193. The molecular weight excluding hydrogens is 510 g/mol. The number of amides is 1. The summed E-state index contributed by atoms with van der Waals surface area (Å²) in [5.41, 5.74) is 5.21. The van der Waals surface area contributed by atoms with Crippen molar-refractivity contribution in [3.05, 3.63) is 93.9 Å². The molecule has 4 rings (SSSR count). The van der Waals surface area contributed by atoms with Gasteiger partial charge < -0.3 is 0 Å². The van der Waals surface area contributed by atoms with Crippen LogP contribution >= 0.6 is 39.3 Å². The molecule has 0 atom stereocenters. The molecule has 0 spiro atoms. The first-order valence-electron chi connectivity index (χ1n) is 9.57. The lowest BCUT2D eigenvalue weighted by Gasteiger charge is -2.10. The maximum Gasteiger partial charge on any atom is 0.250 e. The number of rotatable bonds is 7. The molecule has 0 saturated heterocycles. The number of carbonyl (C=O) groups is 1. The Balaban J connectivity index is 1.49. The fraction of sp³-hybridized carbons (Fsp3) is 0.0435. The minimum absolute atomic E-state index is 0.142. The predicted molar refractivity (Wildman–Crippen MR) is 132 cm³/mol. The van der Waals surface area contributed by atoms with Crippen molar-refractivity contribution >= 4 is 51.4 Å². The van der Waals surface area contributed by atoms with Crippen molar-refractivity contribution in [1.82, 2.24) is 20.2 Å². The highest BCUT2D eigenvalue weighted by atomic mass is 79.9. The summed E-state index contributed by atoms with van der Waals surface area (Å²) in [6.07, 6.45) is 1.60. The normalized spacial score (nSPS) is 11.1. The molecule has 1 aromatic heterocycles. The Labute approximate surface area is 202 Å². The van der Waals surface area contributed by atoms with Crippen LogP contribution in [0.2, 0.25) is 5.02 Å². The van der Waals surface area contributed by atoms with E-state index in [0.29, 0.717) is 16.0 Å². The molecule has 0 radical (unpaired) electrons. The smallest absolute Gasteiger partial charge is 0.250 e. The number of carbonyl (C=O) groups excluding carboxylic acids is 1. The van der Waals surface area contributed by atoms with Gasteiger partial charge in [0.2, 0.25) is 0 Å². The summed E-state index contributed by atoms with van der Waals surface area (Å²) in [5.74, 6) is 0.576. The third kappa shape index (κ3) is 5.64. The number of nitrogens with zero attached hydrogens (tertiary/aromatic N) is 4. The molecule has 3 aromatic carbocycles. The summed E-state index contributed by atoms with van der Waals surface area (Å²) >= 11 is 10.7. The fourth-order valence-electron chi connectivity index (χ4n) is 2.85. The number of hydrogen-bond donors (Lipinski definition) is 1. The van der Waals surface area contributed by atoms with Gasteiger partial charge in [-0.2, -0.15) is 5.10 Å². The molecule has 32 heavy (non-hydrogen) atoms. The monoisotopic (exact) mass is 525 g/mol. The summed E-state index contributed by atoms with van der Waals surface area (Å²) in [6.45, 7) is 0. The van der Waals surface area contributed by atoms with Gasteiger partial charge in [-0.15, -0.1) is 10.2 Å². The number of hydrogen-bond acceptors (Lipinski definition) is 5. The summed E-state index contributed by atoms with van der Waals surface area (Å²) < 4.78 is 2.90. The highest BCUT2D eigenvalue weighted by molar-refractivity contribution is 9.10. The van der Waals surface area contributed by atoms with Crippen molar-refractivity contribution in [1.29, 1.82) is 0 Å². The van der Waals surface area contributed by atoms with Crippen LogP contribution in [-0.2, 0) is 4.79 Å². The summed E-state index contributed by atoms with van der Waals surface area (Å²) in [6, 6.07) is 24.8. The standard InChI is InChI=1S/C23H17BrClN5OS/c24-18-10-6-16(7-11-18)14-26-27-21(31)15-32-23-29-28-22(17-8-12-19(25)13-9-17)30(23)20-4-2-1-3-5-20/h1-14H,15H2,(H,27,31)/b26-14-. The van der Waals surface area contributed by atoms with Gasteiger partial charge in [0.25, 0.3) is 5.91 Å². The molecule has 4 aromatic rings. The van der Waals surface area contributed by atoms with E-state index in [0.717, 1.165) is 21.3 Å². The summed E-state index contributed by atoms with van der Waals surface area (Å²) in [5, 5.41) is 14.0. The summed E-state index contributed by atoms with van der Waals surface area (Å²) in [4.78, 5) is 12.3. The van der Waals surface area contributed by atoms with E-state index in [9.17, 15) is 4.79 Å². The zero-order valence-corrected chi connectivity index (χ0v) is 19.8. The number of nitrogens with one attached hydrogen (secondary N) is 1. The highest BCUT2D eigenvalue weighted by Gasteiger charge is 2.17. The van der Waals surface area contributed by atoms with Crippen molar-refractivity contribution in [3.63, 3.8) is 0 Å². The van der Waals surface area contributed by atoms with Gasteiger partial charge in [-0.3, -0.25) is 9.36 Å². The van der Waals surface area contributed by atoms with E-state index in [1.54, 1.807) is 6.21 Å². The second kappa shape index (κ2) is 10.6. The second-order valence-electron chi connectivity index (χ2n) is 6.62. The van der Waals surface area contributed by atoms with Gasteiger partial charge in [-0.25, -0.2) is 5.43 Å². The maximum atomic E-state index is 12.3. The molecule has 1 amide bonds. The Hall–Kier alpha value is -2.94. The molecule has 0 saturated carbocycles. The molecule has 9 heteroatoms. The Morgan fingerprint density at radius 1 is 1.03 bits per heavy atom. The van der Waals surface area contributed by atoms with Gasteiger partial charge in [0.15, 0.2) is 11.0 Å². The number of benzene rings is 3. The molecule has 1 heterocycles. The van der Waals surface area contributed by atoms with Crippen LogP contribution in [0.1, 0.15) is 5.56 Å². The lowest BCUT2D eigenvalue weighted by Crippen LogP contribution is -2.20. The highest BCUT2D eigenvalue weighted by Crippen LogP contribution is 2.28. The number of halogens is 2. The molecule has 1 N–H and O–H groups in total. The first kappa shape index (κ1) is 22.3. The first-order valence-corrected chi connectivity index (χ1v) is 11.7. The van der Waals surface area contributed by atoms with Crippen LogP contribution in [0.25, 0.3) is 17.1 Å². The van der Waals surface area contributed by atoms with Gasteiger partial charge in [-0.1, -0.05) is 69.6 Å². The molecule has 0 aliphatic carbocycles. The zero-order chi connectivity index (χ0) is 22.3. The number of para-hydroxylation sites is 1. The van der Waals surface area contributed by atoms with Crippen molar-refractivity contribution < 1.29 is 4.79 Å². The third-order valence-electron chi connectivity index (χ3n) is 4.36. The van der Waals surface area contributed by atoms with Crippen LogP contribution in [0.5, 0.6) is 0 Å². The van der Waals surface area contributed by atoms with Crippen molar-refractivity contribution in [2.45, 2.75) is 5.16 Å². The molecule has 0 fully saturated rings. The van der Waals surface area contributed by atoms with Gasteiger partial charge in [-0.05, 0) is 54.1 Å². The van der Waals surface area contributed by atoms with Crippen LogP contribution in [0.4, 0.5) is 0 Å². The van der Waals surface area contributed by atoms with E-state index in [1.165, 1.54) is 11.8 Å². The number of thioether (sulfide) groups is 1. The SMILES string of the molecule is O=C(CSc1nnc(-c2ccc(Cl)cc2)n1-c1ccccc1)N/N=C\c1ccc(Br)cc1. The summed E-state index contributed by atoms with van der Waals surface area (Å²) in [7, 11) is 0. The minimum Gasteiger partial charge on any atom is -0.272 e. The molecular formula is C23H17BrClN5OS. The largest absolute Gasteiger partial charge is 0.272 e. The van der Waals surface area contributed by atoms with Gasteiger partial charge >= 0.3 is 0 Å². The average molecular weight is 527 g/mol. The predicted octanol–water partition coefficient (Wildman–Crippen LogP) is 5.59. The first-order chi connectivity index (χ1) is 15.6. The van der Waals surface area contributed by atoms with E-state index >= 15 is 0 Å². The Morgan fingerprint density at radius 3 is 2.47 bits per heavy atom. The average Bonchev–Trinajstić information content (AvgIpc) is 3.24. The fourth-order valence-corrected chi connectivity index (χ4v) is 3.98. The zero-order valence-electron chi connectivity index (χ0n) is 16.7. The van der Waals surface area contributed by atoms with Crippen LogP contribution in [0.15, 0.2) is 93.6 Å². The van der Waals surface area contributed by atoms with E-state index < -0.39 is 0 Å². The van der Waals surface area contributed by atoms with E-state index in [2.05, 4.69) is 36.7 Å². The molecule has 6 nitrogen and oxygen atoms in total. The maximum absolute atomic E-state index is 12.3. The molecule has 0 aliphatic rings. The van der Waals surface area contributed by atoms with E-state index in [-0.39, 0.29) is 11.7 Å². The molecule has 160 valence electrons. The van der Waals surface area contributed by atoms with Crippen LogP contribution < -0.4 is 5.43 Å². The van der Waals surface area contributed by atoms with Crippen molar-refractivity contribution in [2.24, 2.45) is 5.10 Å². The van der Waals surface area contributed by atoms with Crippen LogP contribution in [0, 0.1) is 0 Å². The van der Waals surface area contributed by atoms with Gasteiger partial charge in [0.05, 0.1) is 12.0 Å². The van der Waals surface area contributed by atoms with Crippen LogP contribution in [-0.4, -0.2) is 32.6 Å². The molecule has 0 unspecified atom stereocenters. The second-order valence-corrected chi connectivity index (χ2v) is 8.91. The van der Waals surface area contributed by atoms with Crippen molar-refractivity contribution in [2.75, 3.05) is 5.75 Å². The van der Waals surface area contributed by atoms with Gasteiger partial charge in [0, 0.05) is 20.7 Å². The Kier molecular flexibility index (Phi) is 7.36. The topological polar surface area (TPSA) is 72.2 Å². The number of hydrazone groups is 1. The molecule has 0 bridgehead atoms. The third-order valence-corrected chi connectivity index (χ3v) is 6.07. The Bertz CT molecular complexity index is 1230. The lowest BCUT2D eigenvalue weighted by molar-refractivity contribution is -0.118. The lowest BCUT2D eigenvalue weighted by atomic mass is 10.2. The molecule has 0 aliphatic heterocycles. The van der Waals surface area contributed by atoms with Crippen LogP contribution in [0.3, 0.4) is 0 Å². The van der Waals surface area contributed by atoms with E-state index in [1.807, 2.05) is 83.4 Å². The van der Waals surface area contributed by atoms with E-state index in [4.69, 9.17) is 11.6 Å². The number of aromatic nitrogens is 3. The minimum atomic E-state index is -0.237. The van der Waals surface area contributed by atoms with Crippen molar-refractivity contribution in [3.8, 4) is 17.1 Å².